The Hall–Kier alpha value is -1.34. The molecule has 0 bridgehead atoms. The van der Waals surface area contributed by atoms with Gasteiger partial charge in [-0.05, 0) is 70.2 Å². The highest BCUT2D eigenvalue weighted by Gasteiger charge is 2.17. The largest absolute Gasteiger partial charge is 0.493 e. The summed E-state index contributed by atoms with van der Waals surface area (Å²) in [4.78, 5) is 7.24. The van der Waals surface area contributed by atoms with E-state index in [1.165, 1.54) is 50.8 Å². The highest BCUT2D eigenvalue weighted by molar-refractivity contribution is 5.43. The molecule has 6 nitrogen and oxygen atoms in total. The fraction of sp³-hybridized carbons (Fsp3) is 0.750. The van der Waals surface area contributed by atoms with Crippen molar-refractivity contribution < 1.29 is 14.6 Å². The molecule has 1 unspecified atom stereocenters. The van der Waals surface area contributed by atoms with Crippen molar-refractivity contribution in [1.82, 2.24) is 14.7 Å². The minimum Gasteiger partial charge on any atom is -0.493 e. The first-order valence-corrected chi connectivity index (χ1v) is 11.7. The van der Waals surface area contributed by atoms with Gasteiger partial charge in [-0.15, -0.1) is 0 Å². The van der Waals surface area contributed by atoms with E-state index in [-0.39, 0.29) is 6.61 Å². The first-order valence-electron chi connectivity index (χ1n) is 11.7. The third kappa shape index (κ3) is 7.73. The molecule has 2 aliphatic rings. The normalized spacial score (nSPS) is 21.4. The monoisotopic (exact) mass is 419 g/mol. The maximum absolute atomic E-state index is 10.5. The predicted octanol–water partition coefficient (Wildman–Crippen LogP) is 2.84. The van der Waals surface area contributed by atoms with Crippen LogP contribution in [-0.4, -0.2) is 92.5 Å². The predicted molar refractivity (Wildman–Crippen MR) is 121 cm³/mol. The summed E-state index contributed by atoms with van der Waals surface area (Å²) >= 11 is 0. The number of aliphatic hydroxyl groups excluding tert-OH is 1. The molecule has 6 heteroatoms. The Labute approximate surface area is 182 Å². The first kappa shape index (κ1) is 23.3. The number of likely N-dealkylation sites (tertiary alicyclic amines) is 1. The van der Waals surface area contributed by atoms with E-state index >= 15 is 0 Å². The van der Waals surface area contributed by atoms with Crippen molar-refractivity contribution in [3.8, 4) is 11.5 Å². The second-order valence-corrected chi connectivity index (χ2v) is 8.95. The molecule has 30 heavy (non-hydrogen) atoms. The van der Waals surface area contributed by atoms with Gasteiger partial charge in [-0.25, -0.2) is 0 Å². The van der Waals surface area contributed by atoms with Gasteiger partial charge < -0.3 is 19.5 Å². The van der Waals surface area contributed by atoms with E-state index in [1.807, 2.05) is 6.07 Å². The zero-order chi connectivity index (χ0) is 21.2. The molecule has 2 fully saturated rings. The van der Waals surface area contributed by atoms with Gasteiger partial charge in [-0.2, -0.15) is 0 Å². The smallest absolute Gasteiger partial charge is 0.161 e. The molecular formula is C24H41N3O3. The molecule has 0 amide bonds. The molecule has 1 N–H and O–H groups in total. The highest BCUT2D eigenvalue weighted by Crippen LogP contribution is 2.29. The molecule has 170 valence electrons. The van der Waals surface area contributed by atoms with Gasteiger partial charge in [-0.1, -0.05) is 25.3 Å². The Morgan fingerprint density at radius 3 is 2.37 bits per heavy atom. The van der Waals surface area contributed by atoms with Crippen LogP contribution < -0.4 is 9.47 Å². The number of hydrogen-bond acceptors (Lipinski definition) is 6. The van der Waals surface area contributed by atoms with Gasteiger partial charge in [0.15, 0.2) is 11.5 Å². The molecule has 0 radical (unpaired) electrons. The molecule has 0 spiro atoms. The number of likely N-dealkylation sites (N-methyl/N-ethyl adjacent to an activating group) is 1. The van der Waals surface area contributed by atoms with Crippen LogP contribution in [0, 0.1) is 0 Å². The number of aliphatic hydroxyl groups is 1. The first-order chi connectivity index (χ1) is 14.6. The summed E-state index contributed by atoms with van der Waals surface area (Å²) in [7, 11) is 3.83. The molecular weight excluding hydrogens is 378 g/mol. The van der Waals surface area contributed by atoms with Crippen LogP contribution in [0.4, 0.5) is 0 Å². The Morgan fingerprint density at radius 1 is 0.867 bits per heavy atom. The second kappa shape index (κ2) is 12.5. The Bertz CT molecular complexity index is 620. The number of methoxy groups -OCH3 is 1. The molecule has 2 aliphatic heterocycles. The Kier molecular flexibility index (Phi) is 9.72. The number of nitrogens with zero attached hydrogens (tertiary/aromatic N) is 3. The molecule has 0 aliphatic carbocycles. The fourth-order valence-corrected chi connectivity index (χ4v) is 4.48. The van der Waals surface area contributed by atoms with Gasteiger partial charge in [0, 0.05) is 26.2 Å². The highest BCUT2D eigenvalue weighted by atomic mass is 16.5. The van der Waals surface area contributed by atoms with Gasteiger partial charge in [0.25, 0.3) is 0 Å². The Balaban J connectivity index is 1.52. The summed E-state index contributed by atoms with van der Waals surface area (Å²) in [6, 6.07) is 6.21. The molecule has 2 saturated heterocycles. The van der Waals surface area contributed by atoms with E-state index in [0.29, 0.717) is 6.54 Å². The van der Waals surface area contributed by atoms with Crippen LogP contribution in [0.5, 0.6) is 11.5 Å². The maximum atomic E-state index is 10.5. The summed E-state index contributed by atoms with van der Waals surface area (Å²) < 4.78 is 11.5. The van der Waals surface area contributed by atoms with E-state index in [9.17, 15) is 5.11 Å². The average Bonchev–Trinajstić information content (AvgIpc) is 2.92. The number of β-amino-alcohol motifs (C(OH)–C–C–N with tert-alkyl or cyclic N) is 1. The maximum Gasteiger partial charge on any atom is 0.161 e. The molecule has 1 aromatic rings. The summed E-state index contributed by atoms with van der Waals surface area (Å²) in [5.41, 5.74) is 1.25. The third-order valence-corrected chi connectivity index (χ3v) is 6.30. The second-order valence-electron chi connectivity index (χ2n) is 8.95. The van der Waals surface area contributed by atoms with Crippen molar-refractivity contribution in [3.05, 3.63) is 23.8 Å². The number of rotatable bonds is 8. The zero-order valence-corrected chi connectivity index (χ0v) is 19.0. The van der Waals surface area contributed by atoms with E-state index in [2.05, 4.69) is 33.9 Å². The van der Waals surface area contributed by atoms with Crippen molar-refractivity contribution in [3.63, 3.8) is 0 Å². The van der Waals surface area contributed by atoms with Crippen LogP contribution in [0.25, 0.3) is 0 Å². The van der Waals surface area contributed by atoms with E-state index in [0.717, 1.165) is 50.6 Å². The topological polar surface area (TPSA) is 48.4 Å². The summed E-state index contributed by atoms with van der Waals surface area (Å²) in [6.07, 6.45) is 7.30. The number of ether oxygens (including phenoxy) is 2. The zero-order valence-electron chi connectivity index (χ0n) is 19.0. The van der Waals surface area contributed by atoms with Gasteiger partial charge in [-0.3, -0.25) is 9.80 Å². The van der Waals surface area contributed by atoms with Crippen molar-refractivity contribution in [2.45, 2.75) is 51.2 Å². The van der Waals surface area contributed by atoms with E-state index in [1.54, 1.807) is 7.11 Å². The lowest BCUT2D eigenvalue weighted by molar-refractivity contribution is 0.0685. The van der Waals surface area contributed by atoms with E-state index in [4.69, 9.17) is 9.47 Å². The van der Waals surface area contributed by atoms with Gasteiger partial charge in [0.1, 0.15) is 12.7 Å². The van der Waals surface area contributed by atoms with E-state index < -0.39 is 6.10 Å². The lowest BCUT2D eigenvalue weighted by atomic mass is 10.1. The van der Waals surface area contributed by atoms with Crippen LogP contribution in [-0.2, 0) is 6.54 Å². The Morgan fingerprint density at radius 2 is 1.60 bits per heavy atom. The summed E-state index contributed by atoms with van der Waals surface area (Å²) in [5.74, 6) is 1.46. The minimum absolute atomic E-state index is 0.288. The van der Waals surface area contributed by atoms with Crippen molar-refractivity contribution >= 4 is 0 Å². The average molecular weight is 420 g/mol. The van der Waals surface area contributed by atoms with Gasteiger partial charge >= 0.3 is 0 Å². The van der Waals surface area contributed by atoms with Crippen LogP contribution in [0.3, 0.4) is 0 Å². The van der Waals surface area contributed by atoms with Crippen LogP contribution in [0.2, 0.25) is 0 Å². The quantitative estimate of drug-likeness (QED) is 0.699. The van der Waals surface area contributed by atoms with Crippen LogP contribution in [0.1, 0.15) is 44.1 Å². The molecule has 1 atom stereocenters. The molecule has 2 heterocycles. The fourth-order valence-electron chi connectivity index (χ4n) is 4.48. The standard InChI is InChI=1S/C24H41N3O3/c1-25-11-8-14-27(16-15-25)19-22(28)20-30-24-17-21(9-10-23(24)29-2)18-26-12-6-4-3-5-7-13-26/h9-10,17,22,28H,3-8,11-16,18-20H2,1-2H3. The molecule has 3 rings (SSSR count). The minimum atomic E-state index is -0.504. The van der Waals surface area contributed by atoms with Gasteiger partial charge in [0.05, 0.1) is 7.11 Å². The SMILES string of the molecule is COc1ccc(CN2CCCCCCC2)cc1OCC(O)CN1CCCN(C)CC1. The van der Waals surface area contributed by atoms with Crippen LogP contribution in [0.15, 0.2) is 18.2 Å². The van der Waals surface area contributed by atoms with Crippen molar-refractivity contribution in [1.29, 1.82) is 0 Å². The summed E-state index contributed by atoms with van der Waals surface area (Å²) in [5, 5.41) is 10.5. The molecule has 1 aromatic carbocycles. The lowest BCUT2D eigenvalue weighted by Gasteiger charge is -2.25. The van der Waals surface area contributed by atoms with Gasteiger partial charge in [0.2, 0.25) is 0 Å². The molecule has 0 saturated carbocycles. The number of hydrogen-bond donors (Lipinski definition) is 1. The third-order valence-electron chi connectivity index (χ3n) is 6.30. The van der Waals surface area contributed by atoms with Crippen LogP contribution >= 0.6 is 0 Å². The summed E-state index contributed by atoms with van der Waals surface area (Å²) in [6.45, 7) is 8.46. The van der Waals surface area contributed by atoms with Crippen molar-refractivity contribution in [2.75, 3.05) is 66.6 Å². The lowest BCUT2D eigenvalue weighted by Crippen LogP contribution is -2.37. The number of benzene rings is 1. The molecule has 0 aromatic heterocycles. The van der Waals surface area contributed by atoms with Crippen molar-refractivity contribution in [2.24, 2.45) is 0 Å².